The van der Waals surface area contributed by atoms with Crippen molar-refractivity contribution in [1.82, 2.24) is 0 Å². The van der Waals surface area contributed by atoms with E-state index in [4.69, 9.17) is 33.5 Å². The Hall–Kier alpha value is -12.5. The average Bonchev–Trinajstić information content (AvgIpc) is 0.807. The van der Waals surface area contributed by atoms with Crippen LogP contribution in [0.3, 0.4) is 0 Å². The second-order valence-corrected chi connectivity index (χ2v) is 39.1. The number of aromatic hydroxyl groups is 1. The number of hydrogen-bond donors (Lipinski definition) is 2. The van der Waals surface area contributed by atoms with Gasteiger partial charge in [0.2, 0.25) is 0 Å². The van der Waals surface area contributed by atoms with Gasteiger partial charge in [0.25, 0.3) is 0 Å². The maximum Gasteiger partial charge on any atom is 0.416 e. The van der Waals surface area contributed by atoms with Crippen LogP contribution in [0.2, 0.25) is 0 Å². The van der Waals surface area contributed by atoms with Gasteiger partial charge in [-0.3, -0.25) is 0 Å². The second-order valence-electron chi connectivity index (χ2n) is 29.3. The van der Waals surface area contributed by atoms with Crippen LogP contribution in [0.25, 0.3) is 11.1 Å². The van der Waals surface area contributed by atoms with Gasteiger partial charge in [-0.25, -0.2) is 9.59 Å². The van der Waals surface area contributed by atoms with Crippen molar-refractivity contribution in [2.75, 3.05) is 27.8 Å². The first-order valence-electron chi connectivity index (χ1n) is 42.1. The maximum absolute atomic E-state index is 12.7. The Labute approximate surface area is 798 Å². The molecule has 668 valence electrons. The van der Waals surface area contributed by atoms with Crippen molar-refractivity contribution in [3.8, 4) is 34.1 Å². The van der Waals surface area contributed by atoms with Crippen LogP contribution in [0.15, 0.2) is 466 Å². The molecule has 0 aliphatic carbocycles. The summed E-state index contributed by atoms with van der Waals surface area (Å²) in [5.74, 6) is -0.639. The first-order chi connectivity index (χ1) is 64.0. The molecule has 0 spiro atoms. The average molecular weight is 1980 g/mol. The Balaban J connectivity index is 0.000000154. The minimum Gasteiger partial charge on any atom is -0.507 e. The minimum absolute atomic E-state index is 0. The van der Waals surface area contributed by atoms with Crippen LogP contribution in [-0.4, -0.2) is 50.0 Å². The van der Waals surface area contributed by atoms with Crippen molar-refractivity contribution in [3.05, 3.63) is 504 Å². The van der Waals surface area contributed by atoms with Gasteiger partial charge in [0, 0.05) is 50.2 Å². The summed E-state index contributed by atoms with van der Waals surface area (Å²) >= 11 is 3.41. The van der Waals surface area contributed by atoms with Gasteiger partial charge in [0.15, 0.2) is 13.6 Å². The first-order valence-corrected chi connectivity index (χ1v) is 48.2. The summed E-state index contributed by atoms with van der Waals surface area (Å²) in [6.07, 6.45) is -4.39. The van der Waals surface area contributed by atoms with Crippen molar-refractivity contribution in [2.45, 2.75) is 33.2 Å². The van der Waals surface area contributed by atoms with Gasteiger partial charge in [-0.15, -0.1) is 0 Å². The van der Waals surface area contributed by atoms with Crippen molar-refractivity contribution in [2.24, 2.45) is 0 Å². The molecule has 0 bridgehead atoms. The van der Waals surface area contributed by atoms with E-state index in [0.29, 0.717) is 50.6 Å². The third-order valence-corrected chi connectivity index (χ3v) is 30.1. The zero-order valence-corrected chi connectivity index (χ0v) is 79.7. The molecule has 132 heavy (non-hydrogen) atoms. The molecule has 0 aromatic heterocycles. The number of hydrogen-bond acceptors (Lipinski definition) is 9. The maximum atomic E-state index is 12.7. The van der Waals surface area contributed by atoms with Crippen LogP contribution in [0.4, 0.5) is 13.2 Å². The third kappa shape index (κ3) is 30.3. The Morgan fingerprint density at radius 1 is 0.318 bits per heavy atom. The van der Waals surface area contributed by atoms with E-state index < -0.39 is 55.4 Å². The van der Waals surface area contributed by atoms with E-state index in [1.165, 1.54) is 96.1 Å². The van der Waals surface area contributed by atoms with Crippen LogP contribution < -0.4 is 77.9 Å². The van der Waals surface area contributed by atoms with Gasteiger partial charge >= 0.3 is 18.1 Å². The van der Waals surface area contributed by atoms with E-state index in [0.717, 1.165) is 22.2 Å². The van der Waals surface area contributed by atoms with Crippen molar-refractivity contribution < 1.29 is 81.8 Å². The molecule has 0 aliphatic rings. The number of carbonyl (C=O) groups excluding carboxylic acids is 1. The molecular formula is C113H98BrF3O10P4Pd. The number of methoxy groups -OCH3 is 2. The molecule has 0 radical (unpaired) electrons. The number of ether oxygens (including phenoxy) is 6. The third-order valence-electron chi connectivity index (χ3n) is 19.9. The zero-order valence-electron chi connectivity index (χ0n) is 73.0. The number of aromatic carboxylic acids is 1. The van der Waals surface area contributed by atoms with Crippen molar-refractivity contribution in [1.29, 1.82) is 0 Å². The zero-order chi connectivity index (χ0) is 91.8. The SMILES string of the molecule is COCOC(=O)c1cc(C)cc(COc2cccc(Br)c2)c1OCOC.Cc1cc(COc2cccc(-c3ccc(C(F)(F)F)cc3)c2)c(O)c(C(=O)O)c1.[Pd].c1ccc(P(c2ccccc2)c2ccccc2)cc1.c1ccc(P(c2ccccc2)c2ccccc2)cc1.c1ccc(P(c2ccccc2)c2ccccc2)cc1.c1ccc(P(c2ccccc2)c2ccccc2)cc1. The van der Waals surface area contributed by atoms with Crippen LogP contribution in [0.1, 0.15) is 48.5 Å². The van der Waals surface area contributed by atoms with Crippen molar-refractivity contribution >= 4 is 123 Å². The first kappa shape index (κ1) is 100. The molecular weight excluding hydrogens is 1880 g/mol. The largest absolute Gasteiger partial charge is 0.507 e. The molecule has 0 amide bonds. The van der Waals surface area contributed by atoms with E-state index in [-0.39, 0.29) is 58.5 Å². The molecule has 0 heterocycles. The summed E-state index contributed by atoms with van der Waals surface area (Å²) in [6, 6.07) is 155. The summed E-state index contributed by atoms with van der Waals surface area (Å²) in [6.45, 7) is 3.61. The molecule has 0 saturated carbocycles. The van der Waals surface area contributed by atoms with Crippen molar-refractivity contribution in [3.63, 3.8) is 0 Å². The smallest absolute Gasteiger partial charge is 0.416 e. The fourth-order valence-electron chi connectivity index (χ4n) is 13.9. The molecule has 19 heteroatoms. The van der Waals surface area contributed by atoms with E-state index >= 15 is 0 Å². The predicted molar refractivity (Wildman–Crippen MR) is 541 cm³/mol. The fraction of sp³-hybridized carbons (Fsp3) is 0.0796. The van der Waals surface area contributed by atoms with E-state index in [1.807, 2.05) is 37.3 Å². The van der Waals surface area contributed by atoms with Crippen LogP contribution in [0.5, 0.6) is 23.0 Å². The molecule has 0 atom stereocenters. The molecule has 17 aromatic rings. The number of halogens is 4. The number of phenols is 1. The Bertz CT molecular complexity index is 5430. The van der Waals surface area contributed by atoms with Gasteiger partial charge in [0.1, 0.15) is 47.3 Å². The summed E-state index contributed by atoms with van der Waals surface area (Å²) in [5.41, 5.74) is 3.20. The standard InChI is InChI=1S/C22H17F3O4.C19H21BrO6.4C18H15P.Pd/c1-13-9-16(20(26)19(10-13)21(27)28)12-29-18-4-2-3-15(11-18)14-5-7-17(8-6-14)22(23,24)25;1-13-7-14(10-24-16-6-4-5-15(20)9-16)18(25-11-22-2)17(8-13)19(21)26-12-23-3;4*1-4-10-16(11-5-1)19(17-12-6-2-7-13-17)18-14-8-3-9-15-18;/h2-11,26H,12H2,1H3,(H,27,28);4-9H,10-12H2,1-3H3;4*1-15H;. The van der Waals surface area contributed by atoms with Gasteiger partial charge in [-0.2, -0.15) is 13.2 Å². The number of carbonyl (C=O) groups is 2. The second kappa shape index (κ2) is 53.1. The number of benzene rings is 17. The monoisotopic (exact) mass is 1980 g/mol. The van der Waals surface area contributed by atoms with Gasteiger partial charge < -0.3 is 38.6 Å². The normalized spacial score (nSPS) is 10.6. The van der Waals surface area contributed by atoms with Crippen LogP contribution in [-0.2, 0) is 54.0 Å². The summed E-state index contributed by atoms with van der Waals surface area (Å²) < 4.78 is 71.0. The van der Waals surface area contributed by atoms with Crippen LogP contribution >= 0.6 is 47.6 Å². The van der Waals surface area contributed by atoms with Crippen LogP contribution in [0, 0.1) is 13.8 Å². The number of rotatable bonds is 26. The number of alkyl halides is 3. The number of carboxylic acid groups (broad SMARTS) is 1. The molecule has 17 rings (SSSR count). The summed E-state index contributed by atoms with van der Waals surface area (Å²) in [4.78, 5) is 23.6. The Morgan fingerprint density at radius 3 is 0.886 bits per heavy atom. The molecule has 2 N–H and O–H groups in total. The van der Waals surface area contributed by atoms with E-state index in [2.05, 4.69) is 380 Å². The minimum atomic E-state index is -4.39. The van der Waals surface area contributed by atoms with Gasteiger partial charge in [-0.05, 0) is 198 Å². The Morgan fingerprint density at radius 2 is 0.598 bits per heavy atom. The molecule has 17 aromatic carbocycles. The quantitative estimate of drug-likeness (QED) is 0.0234. The molecule has 10 nitrogen and oxygen atoms in total. The fourth-order valence-corrected chi connectivity index (χ4v) is 23.5. The summed E-state index contributed by atoms with van der Waals surface area (Å²) in [7, 11) is 1.17. The topological polar surface area (TPSA) is 130 Å². The Kier molecular flexibility index (Phi) is 40.2. The molecule has 0 aliphatic heterocycles. The molecule has 0 fully saturated rings. The van der Waals surface area contributed by atoms with E-state index in [9.17, 15) is 27.9 Å². The number of carboxylic acids is 1. The van der Waals surface area contributed by atoms with E-state index in [1.54, 1.807) is 43.3 Å². The molecule has 0 saturated heterocycles. The van der Waals surface area contributed by atoms with Gasteiger partial charge in [-0.1, -0.05) is 410 Å². The number of aryl methyl sites for hydroxylation is 2. The number of esters is 1. The predicted octanol–water partition coefficient (Wildman–Crippen LogP) is 23.5. The summed E-state index contributed by atoms with van der Waals surface area (Å²) in [5, 5.41) is 36.1. The molecule has 0 unspecified atom stereocenters. The van der Waals surface area contributed by atoms with Gasteiger partial charge in [0.05, 0.1) is 5.56 Å².